The Bertz CT molecular complexity index is 730. The first-order chi connectivity index (χ1) is 12.6. The molecule has 1 N–H and O–H groups in total. The van der Waals surface area contributed by atoms with Crippen LogP contribution in [0.2, 0.25) is 5.02 Å². The second-order valence-corrected chi connectivity index (χ2v) is 12.2. The van der Waals surface area contributed by atoms with Crippen molar-refractivity contribution in [2.24, 2.45) is 5.92 Å². The number of nitrogens with one attached hydrogen (secondary N) is 1. The molecule has 0 unspecified atom stereocenters. The van der Waals surface area contributed by atoms with Crippen LogP contribution in [0.4, 0.5) is 0 Å². The molecule has 2 rings (SSSR count). The number of halogens is 1. The Balaban J connectivity index is 1.88. The Morgan fingerprint density at radius 3 is 2.59 bits per heavy atom. The van der Waals surface area contributed by atoms with E-state index in [4.69, 9.17) is 11.6 Å². The van der Waals surface area contributed by atoms with Crippen molar-refractivity contribution in [2.75, 3.05) is 25.4 Å². The first kappa shape index (κ1) is 22.5. The van der Waals surface area contributed by atoms with Gasteiger partial charge in [-0.05, 0) is 30.5 Å². The number of piperidine rings is 1. The lowest BCUT2D eigenvalue weighted by Gasteiger charge is -2.31. The zero-order valence-corrected chi connectivity index (χ0v) is 18.6. The minimum Gasteiger partial charge on any atom is -0.355 e. The molecule has 5 nitrogen and oxygen atoms in total. The van der Waals surface area contributed by atoms with Crippen LogP contribution in [0, 0.1) is 5.92 Å². The molecule has 1 aromatic rings. The van der Waals surface area contributed by atoms with Crippen LogP contribution in [-0.2, 0) is 20.6 Å². The molecule has 1 saturated heterocycles. The third-order valence-electron chi connectivity index (χ3n) is 4.35. The van der Waals surface area contributed by atoms with Crippen molar-refractivity contribution in [1.29, 1.82) is 0 Å². The lowest BCUT2D eigenvalue weighted by molar-refractivity contribution is -0.125. The monoisotopic (exact) mass is 432 g/mol. The highest BCUT2D eigenvalue weighted by Gasteiger charge is 2.32. The lowest BCUT2D eigenvalue weighted by Crippen LogP contribution is -2.46. The van der Waals surface area contributed by atoms with Gasteiger partial charge in [0.15, 0.2) is 0 Å². The summed E-state index contributed by atoms with van der Waals surface area (Å²) in [5.41, 5.74) is 0.699. The highest BCUT2D eigenvalue weighted by Crippen LogP contribution is 2.23. The van der Waals surface area contributed by atoms with Crippen LogP contribution in [0.15, 0.2) is 24.3 Å². The fourth-order valence-electron chi connectivity index (χ4n) is 2.97. The molecule has 1 heterocycles. The van der Waals surface area contributed by atoms with E-state index in [0.717, 1.165) is 12.2 Å². The summed E-state index contributed by atoms with van der Waals surface area (Å²) < 4.78 is 27.1. The average molecular weight is 433 g/mol. The number of nitrogens with zero attached hydrogens (tertiary/aromatic N) is 1. The maximum absolute atomic E-state index is 12.7. The molecule has 0 aliphatic carbocycles. The first-order valence-electron chi connectivity index (χ1n) is 9.21. The average Bonchev–Trinajstić information content (AvgIpc) is 2.60. The molecular weight excluding hydrogens is 404 g/mol. The highest BCUT2D eigenvalue weighted by atomic mass is 35.5. The normalized spacial score (nSPS) is 19.0. The van der Waals surface area contributed by atoms with Gasteiger partial charge in [-0.15, -0.1) is 0 Å². The van der Waals surface area contributed by atoms with Crippen LogP contribution >= 0.6 is 23.4 Å². The van der Waals surface area contributed by atoms with Gasteiger partial charge in [-0.25, -0.2) is 12.7 Å². The van der Waals surface area contributed by atoms with Crippen molar-refractivity contribution < 1.29 is 13.2 Å². The summed E-state index contributed by atoms with van der Waals surface area (Å²) in [5.74, 6) is 0.454. The lowest BCUT2D eigenvalue weighted by atomic mass is 9.99. The first-order valence-corrected chi connectivity index (χ1v) is 12.2. The zero-order chi connectivity index (χ0) is 20.1. The number of carbonyl (C=O) groups excluding carboxylic acids is 1. The minimum absolute atomic E-state index is 0.0455. The van der Waals surface area contributed by atoms with Crippen molar-refractivity contribution >= 4 is 39.3 Å². The largest absolute Gasteiger partial charge is 0.355 e. The summed E-state index contributed by atoms with van der Waals surface area (Å²) >= 11 is 7.66. The van der Waals surface area contributed by atoms with E-state index in [2.05, 4.69) is 26.1 Å². The van der Waals surface area contributed by atoms with E-state index in [9.17, 15) is 13.2 Å². The smallest absolute Gasteiger partial charge is 0.224 e. The third-order valence-corrected chi connectivity index (χ3v) is 7.69. The Labute approximate surface area is 172 Å². The molecule has 1 fully saturated rings. The van der Waals surface area contributed by atoms with Gasteiger partial charge >= 0.3 is 0 Å². The van der Waals surface area contributed by atoms with Crippen LogP contribution in [0.25, 0.3) is 0 Å². The number of hydrogen-bond acceptors (Lipinski definition) is 4. The number of carbonyl (C=O) groups is 1. The van der Waals surface area contributed by atoms with E-state index in [1.807, 2.05) is 0 Å². The van der Waals surface area contributed by atoms with E-state index in [1.165, 1.54) is 4.31 Å². The van der Waals surface area contributed by atoms with Crippen LogP contribution in [0.5, 0.6) is 0 Å². The van der Waals surface area contributed by atoms with Gasteiger partial charge in [0.1, 0.15) is 0 Å². The van der Waals surface area contributed by atoms with Crippen molar-refractivity contribution in [3.8, 4) is 0 Å². The molecule has 0 bridgehead atoms. The number of thioether (sulfide) groups is 1. The van der Waals surface area contributed by atoms with E-state index >= 15 is 0 Å². The van der Waals surface area contributed by atoms with Gasteiger partial charge in [0.2, 0.25) is 15.9 Å². The molecule has 1 aromatic carbocycles. The molecule has 1 aliphatic rings. The van der Waals surface area contributed by atoms with Crippen LogP contribution in [-0.4, -0.2) is 48.8 Å². The topological polar surface area (TPSA) is 66.5 Å². The Morgan fingerprint density at radius 2 is 1.96 bits per heavy atom. The molecule has 1 atom stereocenters. The molecule has 0 radical (unpaired) electrons. The minimum atomic E-state index is -3.45. The second kappa shape index (κ2) is 9.63. The predicted molar refractivity (Wildman–Crippen MR) is 114 cm³/mol. The molecule has 8 heteroatoms. The van der Waals surface area contributed by atoms with E-state index < -0.39 is 10.0 Å². The fourth-order valence-corrected chi connectivity index (χ4v) is 5.52. The molecule has 0 aromatic heterocycles. The molecule has 0 spiro atoms. The summed E-state index contributed by atoms with van der Waals surface area (Å²) in [4.78, 5) is 12.4. The summed E-state index contributed by atoms with van der Waals surface area (Å²) in [6.07, 6.45) is 1.43. The number of hydrogen-bond donors (Lipinski definition) is 1. The molecule has 0 saturated carbocycles. The van der Waals surface area contributed by atoms with Crippen molar-refractivity contribution in [3.63, 3.8) is 0 Å². The Hall–Kier alpha value is -0.760. The third kappa shape index (κ3) is 7.64. The van der Waals surface area contributed by atoms with Gasteiger partial charge in [-0.2, -0.15) is 11.8 Å². The van der Waals surface area contributed by atoms with Gasteiger partial charge in [-0.1, -0.05) is 44.5 Å². The summed E-state index contributed by atoms with van der Waals surface area (Å²) in [7, 11) is -3.45. The van der Waals surface area contributed by atoms with Crippen LogP contribution in [0.1, 0.15) is 39.2 Å². The van der Waals surface area contributed by atoms with Gasteiger partial charge in [0, 0.05) is 35.2 Å². The standard InChI is InChI=1S/C19H29ClN2O3S2/c1-19(2,3)26-12-10-21-18(23)16-5-4-11-22(13-16)27(24,25)14-15-6-8-17(20)9-7-15/h6-9,16H,4-5,10-14H2,1-3H3,(H,21,23)/t16-/m1/s1. The van der Waals surface area contributed by atoms with Crippen LogP contribution in [0.3, 0.4) is 0 Å². The zero-order valence-electron chi connectivity index (χ0n) is 16.2. The predicted octanol–water partition coefficient (Wildman–Crippen LogP) is 3.53. The second-order valence-electron chi connectivity index (χ2n) is 7.83. The SMILES string of the molecule is CC(C)(C)SCCNC(=O)[C@@H]1CCCN(S(=O)(=O)Cc2ccc(Cl)cc2)C1. The van der Waals surface area contributed by atoms with Crippen molar-refractivity contribution in [3.05, 3.63) is 34.9 Å². The molecular formula is C19H29ClN2O3S2. The quantitative estimate of drug-likeness (QED) is 0.669. The molecule has 1 amide bonds. The number of amides is 1. The van der Waals surface area contributed by atoms with E-state index in [0.29, 0.717) is 30.1 Å². The van der Waals surface area contributed by atoms with Gasteiger partial charge in [-0.3, -0.25) is 4.79 Å². The number of benzene rings is 1. The number of sulfonamides is 1. The number of rotatable bonds is 7. The van der Waals surface area contributed by atoms with Crippen LogP contribution < -0.4 is 5.32 Å². The van der Waals surface area contributed by atoms with Gasteiger partial charge in [0.05, 0.1) is 11.7 Å². The van der Waals surface area contributed by atoms with E-state index in [1.54, 1.807) is 36.0 Å². The maximum atomic E-state index is 12.7. The van der Waals surface area contributed by atoms with Gasteiger partial charge in [0.25, 0.3) is 0 Å². The van der Waals surface area contributed by atoms with Crippen molar-refractivity contribution in [1.82, 2.24) is 9.62 Å². The summed E-state index contributed by atoms with van der Waals surface area (Å²) in [6, 6.07) is 6.82. The van der Waals surface area contributed by atoms with E-state index in [-0.39, 0.29) is 28.9 Å². The molecule has 152 valence electrons. The fraction of sp³-hybridized carbons (Fsp3) is 0.632. The van der Waals surface area contributed by atoms with Crippen molar-refractivity contribution in [2.45, 2.75) is 44.1 Å². The van der Waals surface area contributed by atoms with Gasteiger partial charge < -0.3 is 5.32 Å². The molecule has 1 aliphatic heterocycles. The highest BCUT2D eigenvalue weighted by molar-refractivity contribution is 8.00. The Morgan fingerprint density at radius 1 is 1.30 bits per heavy atom. The summed E-state index contributed by atoms with van der Waals surface area (Å²) in [6.45, 7) is 7.76. The molecule has 27 heavy (non-hydrogen) atoms. The Kier molecular flexibility index (Phi) is 8.04. The maximum Gasteiger partial charge on any atom is 0.224 e. The summed E-state index contributed by atoms with van der Waals surface area (Å²) in [5, 5.41) is 3.54.